The van der Waals surface area contributed by atoms with Crippen LogP contribution in [0.5, 0.6) is 5.75 Å². The molecular weight excluding hydrogens is 362 g/mol. The summed E-state index contributed by atoms with van der Waals surface area (Å²) in [5.74, 6) is -1.70. The van der Waals surface area contributed by atoms with Crippen molar-refractivity contribution < 1.29 is 23.5 Å². The average molecular weight is 377 g/mol. The first-order valence-electron chi connectivity index (χ1n) is 8.60. The van der Waals surface area contributed by atoms with E-state index in [4.69, 9.17) is 9.15 Å². The van der Waals surface area contributed by atoms with Crippen molar-refractivity contribution in [2.45, 2.75) is 19.9 Å². The lowest BCUT2D eigenvalue weighted by atomic mass is 10.1. The van der Waals surface area contributed by atoms with E-state index in [-0.39, 0.29) is 22.5 Å². The van der Waals surface area contributed by atoms with Crippen LogP contribution in [-0.4, -0.2) is 28.7 Å². The van der Waals surface area contributed by atoms with Crippen LogP contribution in [0.3, 0.4) is 0 Å². The molecule has 7 heteroatoms. The molecule has 4 rings (SSSR count). The van der Waals surface area contributed by atoms with Gasteiger partial charge in [-0.15, -0.1) is 0 Å². The van der Waals surface area contributed by atoms with Gasteiger partial charge in [0.15, 0.2) is 0 Å². The molecule has 0 spiro atoms. The van der Waals surface area contributed by atoms with Crippen molar-refractivity contribution in [1.29, 1.82) is 0 Å². The van der Waals surface area contributed by atoms with Gasteiger partial charge in [-0.3, -0.25) is 14.5 Å². The maximum atomic E-state index is 12.6. The third-order valence-electron chi connectivity index (χ3n) is 4.70. The molecular formula is C21H15NO6. The fourth-order valence-electron chi connectivity index (χ4n) is 3.24. The molecule has 0 N–H and O–H groups in total. The van der Waals surface area contributed by atoms with Gasteiger partial charge >= 0.3 is 11.6 Å². The van der Waals surface area contributed by atoms with Crippen molar-refractivity contribution in [3.05, 3.63) is 75.6 Å². The Morgan fingerprint density at radius 2 is 1.64 bits per heavy atom. The normalized spacial score (nSPS) is 14.3. The van der Waals surface area contributed by atoms with E-state index in [1.165, 1.54) is 19.1 Å². The molecule has 1 atom stereocenters. The molecule has 2 amide bonds. The number of hydrogen-bond donors (Lipinski definition) is 0. The summed E-state index contributed by atoms with van der Waals surface area (Å²) in [5.41, 5.74) is 1.03. The number of benzene rings is 2. The standard InChI is InChI=1S/C21H15NO6/c1-11-9-18(23)28-17-10-13(7-8-14(11)17)27-21(26)12(2)22-19(24)15-5-3-4-6-16(15)20(22)25/h3-10,12H,1-2H3/t12-/m0/s1. The maximum Gasteiger partial charge on any atom is 0.336 e. The highest BCUT2D eigenvalue weighted by Crippen LogP contribution is 2.26. The van der Waals surface area contributed by atoms with E-state index in [1.54, 1.807) is 43.3 Å². The number of rotatable bonds is 3. The van der Waals surface area contributed by atoms with Crippen LogP contribution >= 0.6 is 0 Å². The minimum Gasteiger partial charge on any atom is -0.425 e. The zero-order chi connectivity index (χ0) is 20.0. The second-order valence-electron chi connectivity index (χ2n) is 6.53. The summed E-state index contributed by atoms with van der Waals surface area (Å²) in [6, 6.07) is 11.3. The van der Waals surface area contributed by atoms with E-state index in [0.29, 0.717) is 5.39 Å². The molecule has 2 aromatic carbocycles. The quantitative estimate of drug-likeness (QED) is 0.301. The van der Waals surface area contributed by atoms with Crippen LogP contribution < -0.4 is 10.4 Å². The van der Waals surface area contributed by atoms with Crippen molar-refractivity contribution in [1.82, 2.24) is 4.90 Å². The zero-order valence-electron chi connectivity index (χ0n) is 15.1. The first kappa shape index (κ1) is 17.7. The topological polar surface area (TPSA) is 93.9 Å². The molecule has 0 aliphatic carbocycles. The number of nitrogens with zero attached hydrogens (tertiary/aromatic N) is 1. The van der Waals surface area contributed by atoms with Crippen molar-refractivity contribution >= 4 is 28.8 Å². The van der Waals surface area contributed by atoms with Gasteiger partial charge in [0.2, 0.25) is 0 Å². The fourth-order valence-corrected chi connectivity index (χ4v) is 3.24. The monoisotopic (exact) mass is 377 g/mol. The molecule has 1 aromatic heterocycles. The van der Waals surface area contributed by atoms with E-state index < -0.39 is 29.5 Å². The predicted molar refractivity (Wildman–Crippen MR) is 99.3 cm³/mol. The Balaban J connectivity index is 1.59. The molecule has 1 aliphatic heterocycles. The van der Waals surface area contributed by atoms with Gasteiger partial charge in [0, 0.05) is 17.5 Å². The summed E-state index contributed by atoms with van der Waals surface area (Å²) in [5, 5.41) is 0.716. The van der Waals surface area contributed by atoms with Gasteiger partial charge in [-0.05, 0) is 43.7 Å². The molecule has 0 saturated carbocycles. The number of esters is 1. The van der Waals surface area contributed by atoms with E-state index in [0.717, 1.165) is 10.5 Å². The number of ether oxygens (including phenoxy) is 1. The Morgan fingerprint density at radius 1 is 1.00 bits per heavy atom. The maximum absolute atomic E-state index is 12.6. The summed E-state index contributed by atoms with van der Waals surface area (Å²) in [4.78, 5) is 50.0. The lowest BCUT2D eigenvalue weighted by Gasteiger charge is -2.20. The molecule has 3 aromatic rings. The Hall–Kier alpha value is -3.74. The second-order valence-corrected chi connectivity index (χ2v) is 6.53. The van der Waals surface area contributed by atoms with Crippen molar-refractivity contribution in [2.75, 3.05) is 0 Å². The molecule has 140 valence electrons. The van der Waals surface area contributed by atoms with Gasteiger partial charge in [-0.1, -0.05) is 12.1 Å². The first-order chi connectivity index (χ1) is 13.4. The number of imide groups is 1. The highest BCUT2D eigenvalue weighted by Gasteiger charge is 2.41. The van der Waals surface area contributed by atoms with Crippen LogP contribution in [0.1, 0.15) is 33.2 Å². The fraction of sp³-hybridized carbons (Fsp3) is 0.143. The minimum absolute atomic E-state index is 0.148. The molecule has 0 unspecified atom stereocenters. The van der Waals surface area contributed by atoms with Gasteiger partial charge < -0.3 is 9.15 Å². The van der Waals surface area contributed by atoms with E-state index in [1.807, 2.05) is 0 Å². The van der Waals surface area contributed by atoms with Crippen LogP contribution in [0.15, 0.2) is 57.7 Å². The van der Waals surface area contributed by atoms with Gasteiger partial charge in [-0.2, -0.15) is 0 Å². The first-order valence-corrected chi connectivity index (χ1v) is 8.60. The van der Waals surface area contributed by atoms with Crippen molar-refractivity contribution in [2.24, 2.45) is 0 Å². The number of carbonyl (C=O) groups is 3. The smallest absolute Gasteiger partial charge is 0.336 e. The Kier molecular flexibility index (Phi) is 4.07. The van der Waals surface area contributed by atoms with Gasteiger partial charge in [0.1, 0.15) is 17.4 Å². The zero-order valence-corrected chi connectivity index (χ0v) is 15.1. The van der Waals surface area contributed by atoms with E-state index in [2.05, 4.69) is 0 Å². The van der Waals surface area contributed by atoms with Crippen LogP contribution in [0.25, 0.3) is 11.0 Å². The third kappa shape index (κ3) is 2.77. The molecule has 0 saturated heterocycles. The molecule has 2 heterocycles. The summed E-state index contributed by atoms with van der Waals surface area (Å²) in [7, 11) is 0. The molecule has 0 bridgehead atoms. The summed E-state index contributed by atoms with van der Waals surface area (Å²) in [6.07, 6.45) is 0. The molecule has 28 heavy (non-hydrogen) atoms. The third-order valence-corrected chi connectivity index (χ3v) is 4.70. The molecule has 0 radical (unpaired) electrons. The van der Waals surface area contributed by atoms with Gasteiger partial charge in [-0.25, -0.2) is 9.59 Å². The van der Waals surface area contributed by atoms with Crippen LogP contribution in [0.2, 0.25) is 0 Å². The van der Waals surface area contributed by atoms with E-state index >= 15 is 0 Å². The predicted octanol–water partition coefficient (Wildman–Crippen LogP) is 2.69. The summed E-state index contributed by atoms with van der Waals surface area (Å²) < 4.78 is 10.5. The van der Waals surface area contributed by atoms with Crippen LogP contribution in [0, 0.1) is 6.92 Å². The second kappa shape index (κ2) is 6.45. The number of hydrogen-bond acceptors (Lipinski definition) is 6. The number of fused-ring (bicyclic) bond motifs is 2. The van der Waals surface area contributed by atoms with E-state index in [9.17, 15) is 19.2 Å². The van der Waals surface area contributed by atoms with Crippen molar-refractivity contribution in [3.8, 4) is 5.75 Å². The highest BCUT2D eigenvalue weighted by molar-refractivity contribution is 6.22. The molecule has 7 nitrogen and oxygen atoms in total. The lowest BCUT2D eigenvalue weighted by Crippen LogP contribution is -2.44. The minimum atomic E-state index is -1.12. The molecule has 0 fully saturated rings. The summed E-state index contributed by atoms with van der Waals surface area (Å²) in [6.45, 7) is 3.20. The average Bonchev–Trinajstić information content (AvgIpc) is 2.91. The number of carbonyl (C=O) groups excluding carboxylic acids is 3. The largest absolute Gasteiger partial charge is 0.425 e. The lowest BCUT2D eigenvalue weighted by molar-refractivity contribution is -0.138. The number of aryl methyl sites for hydroxylation is 1. The van der Waals surface area contributed by atoms with Crippen LogP contribution in [0.4, 0.5) is 0 Å². The molecule has 1 aliphatic rings. The Morgan fingerprint density at radius 3 is 2.29 bits per heavy atom. The van der Waals surface area contributed by atoms with Crippen molar-refractivity contribution in [3.63, 3.8) is 0 Å². The summed E-state index contributed by atoms with van der Waals surface area (Å²) >= 11 is 0. The van der Waals surface area contributed by atoms with Gasteiger partial charge in [0.25, 0.3) is 11.8 Å². The Labute approximate surface area is 159 Å². The SMILES string of the molecule is Cc1cc(=O)oc2cc(OC(=O)[C@H](C)N3C(=O)c4ccccc4C3=O)ccc12. The number of amides is 2. The highest BCUT2D eigenvalue weighted by atomic mass is 16.5. The van der Waals surface area contributed by atoms with Crippen LogP contribution in [-0.2, 0) is 4.79 Å². The Bertz CT molecular complexity index is 1170. The van der Waals surface area contributed by atoms with Gasteiger partial charge in [0.05, 0.1) is 11.1 Å².